The summed E-state index contributed by atoms with van der Waals surface area (Å²) in [5.74, 6) is -0.126. The number of carbonyl (C=O) groups is 3. The highest BCUT2D eigenvalue weighted by molar-refractivity contribution is 5.95. The molecule has 1 fully saturated rings. The average Bonchev–Trinajstić information content (AvgIpc) is 2.90. The number of aldehydes is 1. The maximum absolute atomic E-state index is 13.5. The summed E-state index contributed by atoms with van der Waals surface area (Å²) in [6.45, 7) is -0.0267. The van der Waals surface area contributed by atoms with Crippen LogP contribution in [0.25, 0.3) is 0 Å². The van der Waals surface area contributed by atoms with E-state index in [9.17, 15) is 38.5 Å². The summed E-state index contributed by atoms with van der Waals surface area (Å²) in [6.07, 6.45) is -2.04. The number of hydrogen-bond donors (Lipinski definition) is 7. The van der Waals surface area contributed by atoms with Crippen LogP contribution in [0.1, 0.15) is 44.1 Å². The van der Waals surface area contributed by atoms with Gasteiger partial charge in [-0.1, -0.05) is 6.42 Å². The van der Waals surface area contributed by atoms with Gasteiger partial charge in [0.25, 0.3) is 6.43 Å². The summed E-state index contributed by atoms with van der Waals surface area (Å²) < 4.78 is 37.1. The smallest absolute Gasteiger partial charge is 0.335 e. The molecule has 1 aliphatic heterocycles. The number of unbranched alkanes of at least 4 members (excludes halogenated alkanes) is 4. The van der Waals surface area contributed by atoms with Gasteiger partial charge < -0.3 is 51.1 Å². The number of rotatable bonds is 13. The number of nitrogens with two attached hydrogens (primary N) is 1. The van der Waals surface area contributed by atoms with Gasteiger partial charge in [-0.25, -0.2) is 13.6 Å². The Labute approximate surface area is 224 Å². The molecule has 1 heterocycles. The van der Waals surface area contributed by atoms with E-state index < -0.39 is 66.4 Å². The first kappa shape index (κ1) is 33.8. The first-order chi connectivity index (χ1) is 18.5. The van der Waals surface area contributed by atoms with E-state index in [-0.39, 0.29) is 12.2 Å². The minimum absolute atomic E-state index is 0.0142. The number of likely N-dealkylation sites (N-methyl/N-ethyl adjacent to an activating group) is 1. The fourth-order valence-corrected chi connectivity index (χ4v) is 3.40. The highest BCUT2D eigenvalue weighted by atomic mass is 19.3. The molecule has 1 amide bonds. The van der Waals surface area contributed by atoms with Crippen LogP contribution in [0.4, 0.5) is 14.5 Å². The Morgan fingerprint density at radius 3 is 2.44 bits per heavy atom. The number of alkyl halides is 2. The predicted octanol–water partition coefficient (Wildman–Crippen LogP) is 0.149. The lowest BCUT2D eigenvalue weighted by atomic mass is 9.99. The second-order valence-electron chi connectivity index (χ2n) is 8.44. The predicted molar refractivity (Wildman–Crippen MR) is 135 cm³/mol. The number of aliphatic hydroxyl groups is 3. The van der Waals surface area contributed by atoms with Gasteiger partial charge in [0.05, 0.1) is 11.6 Å². The fraction of sp³-hybridized carbons (Fsp3) is 0.560. The second-order valence-corrected chi connectivity index (χ2v) is 8.44. The number of ether oxygens (including phenoxy) is 2. The molecule has 0 radical (unpaired) electrons. The Balaban J connectivity index is 0.000000724. The van der Waals surface area contributed by atoms with Crippen LogP contribution in [-0.4, -0.2) is 88.9 Å². The zero-order chi connectivity index (χ0) is 29.5. The number of amides is 1. The Bertz CT molecular complexity index is 973. The van der Waals surface area contributed by atoms with Crippen molar-refractivity contribution in [2.45, 2.75) is 75.3 Å². The van der Waals surface area contributed by atoms with E-state index in [0.29, 0.717) is 6.42 Å². The van der Waals surface area contributed by atoms with Gasteiger partial charge in [0.2, 0.25) is 12.2 Å². The SMILES string of the molecule is C#CCCCCCC=O.CNC(CN)C(=O)Nc1ccc(OC2OC(C(=O)O)C(O)C(O)C2O)c(C(F)F)c1. The molecule has 0 bridgehead atoms. The Morgan fingerprint density at radius 2 is 1.90 bits per heavy atom. The number of carboxylic acids is 1. The van der Waals surface area contributed by atoms with Crippen molar-refractivity contribution in [3.63, 3.8) is 0 Å². The van der Waals surface area contributed by atoms with Crippen LogP contribution in [0.3, 0.4) is 0 Å². The van der Waals surface area contributed by atoms with E-state index >= 15 is 0 Å². The van der Waals surface area contributed by atoms with Crippen molar-refractivity contribution in [2.75, 3.05) is 18.9 Å². The van der Waals surface area contributed by atoms with Gasteiger partial charge in [0.1, 0.15) is 30.3 Å². The molecular formula is C25H35F2N3O9. The van der Waals surface area contributed by atoms with E-state index in [2.05, 4.69) is 16.6 Å². The van der Waals surface area contributed by atoms with Crippen molar-refractivity contribution in [1.82, 2.24) is 5.32 Å². The van der Waals surface area contributed by atoms with Gasteiger partial charge in [-0.05, 0) is 38.1 Å². The first-order valence-corrected chi connectivity index (χ1v) is 12.1. The fourth-order valence-electron chi connectivity index (χ4n) is 3.40. The standard InChI is InChI=1S/C17H23F2N3O8.C8H12O/c1-21-8(5-20)15(26)22-6-2-3-9(7(4-6)14(18)19)29-17-12(25)10(23)11(24)13(30-17)16(27)28;1-2-3-4-5-6-7-8-9/h2-4,8,10-14,17,21,23-25H,5,20H2,1H3,(H,22,26)(H,27,28);1,8H,3-7H2. The van der Waals surface area contributed by atoms with Crippen molar-refractivity contribution in [3.8, 4) is 18.1 Å². The van der Waals surface area contributed by atoms with Gasteiger partial charge in [-0.15, -0.1) is 12.3 Å². The Morgan fingerprint density at radius 1 is 1.21 bits per heavy atom. The average molecular weight is 560 g/mol. The number of hydrogen-bond acceptors (Lipinski definition) is 10. The van der Waals surface area contributed by atoms with Crippen LogP contribution < -0.4 is 21.1 Å². The molecule has 2 rings (SSSR count). The van der Waals surface area contributed by atoms with E-state index in [1.807, 2.05) is 0 Å². The second kappa shape index (κ2) is 17.4. The van der Waals surface area contributed by atoms with Crippen LogP contribution in [-0.2, 0) is 19.1 Å². The summed E-state index contributed by atoms with van der Waals surface area (Å²) in [5.41, 5.74) is 4.75. The third-order valence-corrected chi connectivity index (χ3v) is 5.61. The van der Waals surface area contributed by atoms with Crippen LogP contribution >= 0.6 is 0 Å². The normalized spacial score (nSPS) is 23.1. The quantitative estimate of drug-likeness (QED) is 0.0985. The first-order valence-electron chi connectivity index (χ1n) is 12.1. The molecule has 0 aliphatic carbocycles. The molecule has 6 atom stereocenters. The molecule has 6 unspecified atom stereocenters. The molecule has 0 saturated carbocycles. The molecule has 12 nitrogen and oxygen atoms in total. The van der Waals surface area contributed by atoms with Gasteiger partial charge in [0.15, 0.2) is 6.10 Å². The van der Waals surface area contributed by atoms with Gasteiger partial charge in [0, 0.05) is 25.1 Å². The number of halogens is 2. The Hall–Kier alpha value is -3.19. The minimum atomic E-state index is -3.07. The summed E-state index contributed by atoms with van der Waals surface area (Å²) >= 11 is 0. The van der Waals surface area contributed by atoms with Crippen LogP contribution in [0.15, 0.2) is 18.2 Å². The molecule has 0 spiro atoms. The molecule has 1 aromatic carbocycles. The third kappa shape index (κ3) is 10.5. The highest BCUT2D eigenvalue weighted by Gasteiger charge is 2.48. The summed E-state index contributed by atoms with van der Waals surface area (Å²) in [4.78, 5) is 33.0. The van der Waals surface area contributed by atoms with Crippen molar-refractivity contribution >= 4 is 23.9 Å². The number of aliphatic carboxylic acids is 1. The zero-order valence-corrected chi connectivity index (χ0v) is 21.3. The van der Waals surface area contributed by atoms with Crippen LogP contribution in [0, 0.1) is 12.3 Å². The number of carbonyl (C=O) groups excluding carboxylic acids is 2. The number of aliphatic hydroxyl groups excluding tert-OH is 3. The maximum atomic E-state index is 13.5. The monoisotopic (exact) mass is 559 g/mol. The van der Waals surface area contributed by atoms with Crippen molar-refractivity contribution < 1.29 is 53.1 Å². The van der Waals surface area contributed by atoms with Crippen molar-refractivity contribution in [1.29, 1.82) is 0 Å². The third-order valence-electron chi connectivity index (χ3n) is 5.61. The molecule has 8 N–H and O–H groups in total. The number of benzene rings is 1. The van der Waals surface area contributed by atoms with E-state index in [1.54, 1.807) is 0 Å². The maximum Gasteiger partial charge on any atom is 0.335 e. The van der Waals surface area contributed by atoms with Crippen LogP contribution in [0.5, 0.6) is 5.75 Å². The summed E-state index contributed by atoms with van der Waals surface area (Å²) in [7, 11) is 1.50. The van der Waals surface area contributed by atoms with Gasteiger partial charge in [-0.3, -0.25) is 4.79 Å². The van der Waals surface area contributed by atoms with Gasteiger partial charge in [-0.2, -0.15) is 0 Å². The highest BCUT2D eigenvalue weighted by Crippen LogP contribution is 2.34. The molecule has 1 saturated heterocycles. The lowest BCUT2D eigenvalue weighted by Gasteiger charge is -2.38. The summed E-state index contributed by atoms with van der Waals surface area (Å²) in [6, 6.07) is 2.47. The van der Waals surface area contributed by atoms with E-state index in [0.717, 1.165) is 44.1 Å². The van der Waals surface area contributed by atoms with E-state index in [1.165, 1.54) is 13.1 Å². The zero-order valence-electron chi connectivity index (χ0n) is 21.3. The van der Waals surface area contributed by atoms with Gasteiger partial charge >= 0.3 is 5.97 Å². The number of nitrogens with one attached hydrogen (secondary N) is 2. The van der Waals surface area contributed by atoms with Crippen molar-refractivity contribution in [3.05, 3.63) is 23.8 Å². The molecule has 1 aliphatic rings. The molecular weight excluding hydrogens is 524 g/mol. The van der Waals surface area contributed by atoms with E-state index in [4.69, 9.17) is 26.7 Å². The van der Waals surface area contributed by atoms with Crippen LogP contribution in [0.2, 0.25) is 0 Å². The molecule has 1 aromatic rings. The minimum Gasteiger partial charge on any atom is -0.479 e. The molecule has 218 valence electrons. The van der Waals surface area contributed by atoms with Crippen molar-refractivity contribution in [2.24, 2.45) is 5.73 Å². The number of anilines is 1. The molecule has 39 heavy (non-hydrogen) atoms. The summed E-state index contributed by atoms with van der Waals surface area (Å²) in [5, 5.41) is 43.5. The number of carboxylic acid groups (broad SMARTS) is 1. The molecule has 0 aromatic heterocycles. The Kier molecular flexibility index (Phi) is 15.1. The largest absolute Gasteiger partial charge is 0.479 e. The number of terminal acetylenes is 1. The lowest BCUT2D eigenvalue weighted by molar-refractivity contribution is -0.271. The topological polar surface area (TPSA) is 201 Å². The lowest BCUT2D eigenvalue weighted by Crippen LogP contribution is -2.61. The molecule has 14 heteroatoms.